The normalized spacial score (nSPS) is 26.2. The van der Waals surface area contributed by atoms with Crippen LogP contribution < -0.4 is 9.47 Å². The first-order valence-electron chi connectivity index (χ1n) is 7.96. The first-order valence-corrected chi connectivity index (χ1v) is 9.77. The van der Waals surface area contributed by atoms with Gasteiger partial charge in [0.2, 0.25) is 11.5 Å². The Hall–Kier alpha value is -2.06. The van der Waals surface area contributed by atoms with Crippen molar-refractivity contribution in [2.75, 3.05) is 13.4 Å². The molecule has 2 aliphatic rings. The third-order valence-electron chi connectivity index (χ3n) is 4.25. The molecule has 1 aliphatic carbocycles. The first kappa shape index (κ1) is 17.8. The van der Waals surface area contributed by atoms with E-state index in [0.717, 1.165) is 6.26 Å². The van der Waals surface area contributed by atoms with Gasteiger partial charge in [-0.2, -0.15) is 8.42 Å². The second-order valence-electron chi connectivity index (χ2n) is 6.14. The molecule has 0 radical (unpaired) electrons. The number of methoxy groups -OCH3 is 1. The van der Waals surface area contributed by atoms with Gasteiger partial charge in [-0.3, -0.25) is 8.98 Å². The Balaban J connectivity index is 1.69. The van der Waals surface area contributed by atoms with E-state index in [0.29, 0.717) is 30.8 Å². The second kappa shape index (κ2) is 7.05. The largest absolute Gasteiger partial charge is 0.497 e. The number of carbonyl (C=O) groups is 1. The number of rotatable bonds is 5. The minimum absolute atomic E-state index is 0.136. The molecule has 136 valence electrons. The molecule has 1 aromatic carbocycles. The highest BCUT2D eigenvalue weighted by molar-refractivity contribution is 7.86. The number of hydrogen-bond donors (Lipinski definition) is 0. The number of carbonyl (C=O) groups excluding carboxylic acids is 1. The predicted octanol–water partition coefficient (Wildman–Crippen LogP) is 2.03. The summed E-state index contributed by atoms with van der Waals surface area (Å²) < 4.78 is 43.9. The number of ether oxygens (including phenoxy) is 3. The van der Waals surface area contributed by atoms with Crippen LogP contribution in [0.5, 0.6) is 11.5 Å². The summed E-state index contributed by atoms with van der Waals surface area (Å²) in [5.41, 5.74) is 0. The van der Waals surface area contributed by atoms with Crippen LogP contribution in [0.1, 0.15) is 19.3 Å². The van der Waals surface area contributed by atoms with Gasteiger partial charge in [0.05, 0.1) is 25.4 Å². The minimum atomic E-state index is -3.53. The van der Waals surface area contributed by atoms with Gasteiger partial charge in [0, 0.05) is 12.5 Å². The van der Waals surface area contributed by atoms with Crippen molar-refractivity contribution in [2.24, 2.45) is 5.92 Å². The monoisotopic (exact) mass is 368 g/mol. The van der Waals surface area contributed by atoms with Crippen molar-refractivity contribution >= 4 is 15.9 Å². The van der Waals surface area contributed by atoms with E-state index in [2.05, 4.69) is 0 Å². The lowest BCUT2D eigenvalue weighted by molar-refractivity contribution is -0.131. The molecular weight excluding hydrogens is 348 g/mol. The Morgan fingerprint density at radius 2 is 1.96 bits per heavy atom. The molecule has 3 atom stereocenters. The van der Waals surface area contributed by atoms with E-state index < -0.39 is 22.3 Å². The highest BCUT2D eigenvalue weighted by atomic mass is 32.2. The zero-order chi connectivity index (χ0) is 18.0. The van der Waals surface area contributed by atoms with Crippen LogP contribution in [0.15, 0.2) is 36.3 Å². The van der Waals surface area contributed by atoms with Crippen LogP contribution in [0.25, 0.3) is 0 Å². The van der Waals surface area contributed by atoms with Gasteiger partial charge in [0.25, 0.3) is 10.1 Å². The highest BCUT2D eigenvalue weighted by Gasteiger charge is 2.42. The van der Waals surface area contributed by atoms with Gasteiger partial charge in [0.1, 0.15) is 23.9 Å². The molecule has 3 rings (SSSR count). The van der Waals surface area contributed by atoms with Crippen LogP contribution >= 0.6 is 0 Å². The maximum absolute atomic E-state index is 12.6. The molecule has 8 heteroatoms. The average molecular weight is 368 g/mol. The van der Waals surface area contributed by atoms with Crippen molar-refractivity contribution in [1.29, 1.82) is 0 Å². The van der Waals surface area contributed by atoms with E-state index in [9.17, 15) is 13.2 Å². The summed E-state index contributed by atoms with van der Waals surface area (Å²) in [5.74, 6) is 0.743. The Morgan fingerprint density at radius 3 is 2.68 bits per heavy atom. The molecular formula is C17H20O7S. The number of Topliss-reactive ketones (excluding diaryl/α,β-unsaturated/α-hetero) is 1. The molecule has 0 saturated heterocycles. The Morgan fingerprint density at radius 1 is 1.20 bits per heavy atom. The van der Waals surface area contributed by atoms with Crippen molar-refractivity contribution in [1.82, 2.24) is 0 Å². The van der Waals surface area contributed by atoms with Gasteiger partial charge in [-0.25, -0.2) is 0 Å². The quantitative estimate of drug-likeness (QED) is 0.735. The maximum Gasteiger partial charge on any atom is 0.264 e. The zero-order valence-corrected chi connectivity index (χ0v) is 14.8. The average Bonchev–Trinajstić information content (AvgIpc) is 2.56. The lowest BCUT2D eigenvalue weighted by Crippen LogP contribution is -2.42. The lowest BCUT2D eigenvalue weighted by atomic mass is 9.80. The topological polar surface area (TPSA) is 88.1 Å². The minimum Gasteiger partial charge on any atom is -0.497 e. The van der Waals surface area contributed by atoms with Gasteiger partial charge >= 0.3 is 0 Å². The third kappa shape index (κ3) is 4.32. The van der Waals surface area contributed by atoms with Crippen molar-refractivity contribution in [3.8, 4) is 11.5 Å². The summed E-state index contributed by atoms with van der Waals surface area (Å²) in [6, 6.07) is 6.94. The Bertz CT molecular complexity index is 784. The first-order chi connectivity index (χ1) is 11.9. The molecule has 1 aliphatic heterocycles. The van der Waals surface area contributed by atoms with Crippen molar-refractivity contribution in [3.63, 3.8) is 0 Å². The third-order valence-corrected chi connectivity index (χ3v) is 4.87. The fourth-order valence-electron chi connectivity index (χ4n) is 3.13. The molecule has 0 bridgehead atoms. The standard InChI is InChI=1S/C17H20O7S/c1-21-11-4-3-5-12(8-11)23-16-10-22-15-9-13(24-25(2,19)20)6-7-14(15)17(16)18/h3-5,8,10,13-15H,6-7,9H2,1-2H3. The fourth-order valence-corrected chi connectivity index (χ4v) is 3.80. The van der Waals surface area contributed by atoms with Crippen LogP contribution in [0, 0.1) is 5.92 Å². The van der Waals surface area contributed by atoms with Crippen molar-refractivity contribution in [2.45, 2.75) is 31.5 Å². The van der Waals surface area contributed by atoms with Crippen LogP contribution in [0.3, 0.4) is 0 Å². The lowest BCUT2D eigenvalue weighted by Gasteiger charge is -2.36. The summed E-state index contributed by atoms with van der Waals surface area (Å²) in [6.45, 7) is 0. The van der Waals surface area contributed by atoms with Crippen LogP contribution in [-0.2, 0) is 23.8 Å². The van der Waals surface area contributed by atoms with E-state index in [4.69, 9.17) is 18.4 Å². The number of hydrogen-bond acceptors (Lipinski definition) is 7. The van der Waals surface area contributed by atoms with Gasteiger partial charge < -0.3 is 14.2 Å². The van der Waals surface area contributed by atoms with Gasteiger partial charge in [0.15, 0.2) is 0 Å². The summed E-state index contributed by atoms with van der Waals surface area (Å²) in [6.07, 6.45) is 2.78. The molecule has 7 nitrogen and oxygen atoms in total. The molecule has 0 spiro atoms. The van der Waals surface area contributed by atoms with Crippen molar-refractivity contribution in [3.05, 3.63) is 36.3 Å². The van der Waals surface area contributed by atoms with E-state index >= 15 is 0 Å². The summed E-state index contributed by atoms with van der Waals surface area (Å²) in [7, 11) is -1.98. The molecule has 1 saturated carbocycles. The van der Waals surface area contributed by atoms with E-state index in [1.807, 2.05) is 0 Å². The molecule has 1 aromatic rings. The summed E-state index contributed by atoms with van der Waals surface area (Å²) in [4.78, 5) is 12.6. The molecule has 1 fully saturated rings. The van der Waals surface area contributed by atoms with Crippen LogP contribution in [0.2, 0.25) is 0 Å². The van der Waals surface area contributed by atoms with E-state index in [1.165, 1.54) is 6.26 Å². The molecule has 1 heterocycles. The van der Waals surface area contributed by atoms with E-state index in [1.54, 1.807) is 31.4 Å². The SMILES string of the molecule is COc1cccc(OC2=COC3CC(OS(C)(=O)=O)CCC3C2=O)c1. The number of allylic oxidation sites excluding steroid dienone is 1. The van der Waals surface area contributed by atoms with Gasteiger partial charge in [-0.05, 0) is 25.0 Å². The summed E-state index contributed by atoms with van der Waals surface area (Å²) in [5, 5.41) is 0. The molecule has 0 aromatic heterocycles. The number of ketones is 1. The molecule has 0 N–H and O–H groups in total. The zero-order valence-electron chi connectivity index (χ0n) is 14.0. The van der Waals surface area contributed by atoms with Gasteiger partial charge in [-0.15, -0.1) is 0 Å². The second-order valence-corrected chi connectivity index (χ2v) is 7.74. The smallest absolute Gasteiger partial charge is 0.264 e. The summed E-state index contributed by atoms with van der Waals surface area (Å²) >= 11 is 0. The molecule has 3 unspecified atom stereocenters. The molecule has 25 heavy (non-hydrogen) atoms. The number of fused-ring (bicyclic) bond motifs is 1. The molecule has 0 amide bonds. The van der Waals surface area contributed by atoms with Crippen LogP contribution in [-0.4, -0.2) is 39.8 Å². The van der Waals surface area contributed by atoms with Gasteiger partial charge in [-0.1, -0.05) is 6.07 Å². The maximum atomic E-state index is 12.6. The van der Waals surface area contributed by atoms with Crippen molar-refractivity contribution < 1.29 is 31.6 Å². The predicted molar refractivity (Wildman–Crippen MR) is 88.6 cm³/mol. The Labute approximate surface area is 146 Å². The fraction of sp³-hybridized carbons (Fsp3) is 0.471. The highest BCUT2D eigenvalue weighted by Crippen LogP contribution is 2.35. The van der Waals surface area contributed by atoms with E-state index in [-0.39, 0.29) is 17.5 Å². The Kier molecular flexibility index (Phi) is 5.01. The van der Waals surface area contributed by atoms with Crippen LogP contribution in [0.4, 0.5) is 0 Å². The number of benzene rings is 1.